The second-order valence-corrected chi connectivity index (χ2v) is 7.29. The molecule has 2 bridgehead atoms. The van der Waals surface area contributed by atoms with E-state index in [0.717, 1.165) is 18.9 Å². The van der Waals surface area contributed by atoms with Crippen molar-refractivity contribution < 1.29 is 4.74 Å². The highest BCUT2D eigenvalue weighted by Crippen LogP contribution is 2.34. The van der Waals surface area contributed by atoms with E-state index >= 15 is 0 Å². The predicted molar refractivity (Wildman–Crippen MR) is 91.5 cm³/mol. The normalized spacial score (nSPS) is 29.1. The Balaban J connectivity index is 1.54. The van der Waals surface area contributed by atoms with Crippen LogP contribution in [-0.4, -0.2) is 56.8 Å². The molecule has 4 atom stereocenters. The number of fused-ring (bicyclic) bond motifs is 2. The van der Waals surface area contributed by atoms with Crippen molar-refractivity contribution in [3.8, 4) is 0 Å². The minimum absolute atomic E-state index is 0.356. The average Bonchev–Trinajstić information content (AvgIpc) is 3.23. The van der Waals surface area contributed by atoms with Crippen molar-refractivity contribution in [3.05, 3.63) is 22.4 Å². The summed E-state index contributed by atoms with van der Waals surface area (Å²) in [6.07, 6.45) is 4.32. The second-order valence-electron chi connectivity index (χ2n) is 6.31. The fraction of sp³-hybridized carbons (Fsp3) is 0.688. The quantitative estimate of drug-likeness (QED) is 0.641. The summed E-state index contributed by atoms with van der Waals surface area (Å²) in [7, 11) is 6.07. The van der Waals surface area contributed by atoms with Gasteiger partial charge in [-0.05, 0) is 44.8 Å². The van der Waals surface area contributed by atoms with E-state index in [1.165, 1.54) is 17.7 Å². The number of rotatable bonds is 5. The molecule has 0 aliphatic carbocycles. The Morgan fingerprint density at radius 3 is 2.91 bits per heavy atom. The number of ether oxygens (including phenoxy) is 1. The highest BCUT2D eigenvalue weighted by atomic mass is 32.1. The summed E-state index contributed by atoms with van der Waals surface area (Å²) in [6.45, 7) is 0.842. The molecule has 22 heavy (non-hydrogen) atoms. The van der Waals surface area contributed by atoms with E-state index in [-0.39, 0.29) is 0 Å². The molecular weight excluding hydrogens is 296 g/mol. The van der Waals surface area contributed by atoms with Crippen molar-refractivity contribution in [3.63, 3.8) is 0 Å². The Bertz CT molecular complexity index is 502. The maximum absolute atomic E-state index is 5.90. The zero-order valence-corrected chi connectivity index (χ0v) is 14.4. The summed E-state index contributed by atoms with van der Waals surface area (Å²) >= 11 is 1.80. The van der Waals surface area contributed by atoms with Gasteiger partial charge in [-0.25, -0.2) is 0 Å². The minimum atomic E-state index is 0.356. The third kappa shape index (κ3) is 3.45. The minimum Gasteiger partial charge on any atom is -0.373 e. The van der Waals surface area contributed by atoms with Crippen molar-refractivity contribution in [2.24, 2.45) is 4.99 Å². The molecule has 4 unspecified atom stereocenters. The first kappa shape index (κ1) is 15.8. The Kier molecular flexibility index (Phi) is 5.00. The van der Waals surface area contributed by atoms with Gasteiger partial charge in [0.2, 0.25) is 0 Å². The van der Waals surface area contributed by atoms with Gasteiger partial charge in [-0.2, -0.15) is 0 Å². The number of nitrogens with zero attached hydrogens (tertiary/aromatic N) is 2. The van der Waals surface area contributed by atoms with Gasteiger partial charge in [0.25, 0.3) is 0 Å². The standard InChI is InChI=1S/C16H26N4OS/c1-17-16(19-12-9-11-6-7-14(12)21-11)18-10-13(20(2)3)15-5-4-8-22-15/h4-5,8,11-14H,6-7,9-10H2,1-3H3,(H2,17,18,19). The fourth-order valence-electron chi connectivity index (χ4n) is 3.37. The van der Waals surface area contributed by atoms with E-state index < -0.39 is 0 Å². The highest BCUT2D eigenvalue weighted by molar-refractivity contribution is 7.10. The number of thiophene rings is 1. The summed E-state index contributed by atoms with van der Waals surface area (Å²) in [5, 5.41) is 9.14. The molecule has 122 valence electrons. The maximum atomic E-state index is 5.90. The third-order valence-corrected chi connectivity index (χ3v) is 5.58. The van der Waals surface area contributed by atoms with Gasteiger partial charge in [0.1, 0.15) is 0 Å². The first-order valence-corrected chi connectivity index (χ1v) is 8.88. The van der Waals surface area contributed by atoms with Crippen LogP contribution in [0.15, 0.2) is 22.5 Å². The highest BCUT2D eigenvalue weighted by Gasteiger charge is 2.41. The van der Waals surface area contributed by atoms with Gasteiger partial charge in [0.05, 0.1) is 24.3 Å². The number of hydrogen-bond acceptors (Lipinski definition) is 4. The summed E-state index contributed by atoms with van der Waals surface area (Å²) < 4.78 is 5.90. The smallest absolute Gasteiger partial charge is 0.191 e. The zero-order valence-electron chi connectivity index (χ0n) is 13.6. The first-order valence-electron chi connectivity index (χ1n) is 8.00. The van der Waals surface area contributed by atoms with Crippen molar-refractivity contribution >= 4 is 17.3 Å². The number of hydrogen-bond donors (Lipinski definition) is 2. The van der Waals surface area contributed by atoms with E-state index in [1.807, 2.05) is 7.05 Å². The molecule has 0 amide bonds. The van der Waals surface area contributed by atoms with Crippen molar-refractivity contribution in [2.75, 3.05) is 27.7 Å². The molecule has 2 saturated heterocycles. The lowest BCUT2D eigenvalue weighted by molar-refractivity contribution is 0.0992. The van der Waals surface area contributed by atoms with E-state index in [2.05, 4.69) is 52.1 Å². The Labute approximate surface area is 136 Å². The van der Waals surface area contributed by atoms with Crippen LogP contribution in [0.2, 0.25) is 0 Å². The van der Waals surface area contributed by atoms with Gasteiger partial charge in [0.15, 0.2) is 5.96 Å². The summed E-state index contributed by atoms with van der Waals surface area (Å²) in [6, 6.07) is 5.06. The van der Waals surface area contributed by atoms with Crippen LogP contribution in [0.25, 0.3) is 0 Å². The topological polar surface area (TPSA) is 48.9 Å². The van der Waals surface area contributed by atoms with Gasteiger partial charge < -0.3 is 20.3 Å². The first-order chi connectivity index (χ1) is 10.7. The summed E-state index contributed by atoms with van der Waals surface area (Å²) in [5.41, 5.74) is 0. The Morgan fingerprint density at radius 2 is 2.36 bits per heavy atom. The van der Waals surface area contributed by atoms with E-state index in [0.29, 0.717) is 24.3 Å². The van der Waals surface area contributed by atoms with Crippen molar-refractivity contribution in [2.45, 2.75) is 43.6 Å². The van der Waals surface area contributed by atoms with Crippen LogP contribution in [0.1, 0.15) is 30.2 Å². The van der Waals surface area contributed by atoms with Crippen LogP contribution < -0.4 is 10.6 Å². The largest absolute Gasteiger partial charge is 0.373 e. The molecule has 1 aromatic heterocycles. The lowest BCUT2D eigenvalue weighted by Gasteiger charge is -2.27. The van der Waals surface area contributed by atoms with Gasteiger partial charge in [0, 0.05) is 18.5 Å². The van der Waals surface area contributed by atoms with Crippen LogP contribution in [0, 0.1) is 0 Å². The third-order valence-electron chi connectivity index (χ3n) is 4.61. The molecule has 0 spiro atoms. The molecule has 5 nitrogen and oxygen atoms in total. The van der Waals surface area contributed by atoms with Crippen LogP contribution in [-0.2, 0) is 4.74 Å². The molecule has 2 N–H and O–H groups in total. The Hall–Kier alpha value is -1.11. The van der Waals surface area contributed by atoms with Crippen LogP contribution in [0.4, 0.5) is 0 Å². The lowest BCUT2D eigenvalue weighted by Crippen LogP contribution is -2.48. The zero-order chi connectivity index (χ0) is 15.5. The van der Waals surface area contributed by atoms with Crippen LogP contribution in [0.5, 0.6) is 0 Å². The molecule has 0 saturated carbocycles. The van der Waals surface area contributed by atoms with Crippen molar-refractivity contribution in [1.29, 1.82) is 0 Å². The van der Waals surface area contributed by atoms with Crippen LogP contribution >= 0.6 is 11.3 Å². The second kappa shape index (κ2) is 6.98. The molecular formula is C16H26N4OS. The molecule has 2 aliphatic rings. The molecule has 0 radical (unpaired) electrons. The SMILES string of the molecule is CN=C(NCC(c1cccs1)N(C)C)NC1CC2CCC1O2. The molecule has 3 rings (SSSR count). The van der Waals surface area contributed by atoms with Gasteiger partial charge >= 0.3 is 0 Å². The van der Waals surface area contributed by atoms with Crippen molar-refractivity contribution in [1.82, 2.24) is 15.5 Å². The number of likely N-dealkylation sites (N-methyl/N-ethyl adjacent to an activating group) is 1. The van der Waals surface area contributed by atoms with E-state index in [9.17, 15) is 0 Å². The summed E-state index contributed by atoms with van der Waals surface area (Å²) in [5.74, 6) is 0.879. The molecule has 3 heterocycles. The average molecular weight is 322 g/mol. The van der Waals surface area contributed by atoms with Gasteiger partial charge in [-0.3, -0.25) is 4.99 Å². The molecule has 2 aliphatic heterocycles. The fourth-order valence-corrected chi connectivity index (χ4v) is 4.29. The molecule has 2 fully saturated rings. The molecule has 1 aromatic rings. The number of aliphatic imine (C=N–C) groups is 1. The number of guanidine groups is 1. The van der Waals surface area contributed by atoms with E-state index in [1.54, 1.807) is 11.3 Å². The predicted octanol–water partition coefficient (Wildman–Crippen LogP) is 1.84. The maximum Gasteiger partial charge on any atom is 0.191 e. The molecule has 0 aromatic carbocycles. The number of nitrogens with one attached hydrogen (secondary N) is 2. The lowest BCUT2D eigenvalue weighted by atomic mass is 9.96. The molecule has 6 heteroatoms. The Morgan fingerprint density at radius 1 is 1.50 bits per heavy atom. The monoisotopic (exact) mass is 322 g/mol. The van der Waals surface area contributed by atoms with E-state index in [4.69, 9.17) is 4.74 Å². The van der Waals surface area contributed by atoms with Gasteiger partial charge in [-0.1, -0.05) is 6.07 Å². The van der Waals surface area contributed by atoms with Gasteiger partial charge in [-0.15, -0.1) is 11.3 Å². The van der Waals surface area contributed by atoms with Crippen LogP contribution in [0.3, 0.4) is 0 Å². The summed E-state index contributed by atoms with van der Waals surface area (Å²) in [4.78, 5) is 7.99.